The minimum Gasteiger partial charge on any atom is -0.486 e. The highest BCUT2D eigenvalue weighted by Crippen LogP contribution is 2.36. The van der Waals surface area contributed by atoms with Crippen molar-refractivity contribution in [2.45, 2.75) is 96.7 Å². The highest BCUT2D eigenvalue weighted by molar-refractivity contribution is 6.74. The lowest BCUT2D eigenvalue weighted by Gasteiger charge is -2.37. The summed E-state index contributed by atoms with van der Waals surface area (Å²) in [4.78, 5) is 24.2. The number of carbonyl (C=O) groups is 2. The molecule has 0 radical (unpaired) electrons. The van der Waals surface area contributed by atoms with Gasteiger partial charge in [0.1, 0.15) is 23.2 Å². The van der Waals surface area contributed by atoms with Gasteiger partial charge in [0.05, 0.1) is 18.7 Å². The quantitative estimate of drug-likeness (QED) is 0.120. The summed E-state index contributed by atoms with van der Waals surface area (Å²) in [5.41, 5.74) is 0.431. The molecule has 9 heteroatoms. The first-order valence-electron chi connectivity index (χ1n) is 15.1. The van der Waals surface area contributed by atoms with Crippen LogP contribution in [0.2, 0.25) is 18.1 Å². The predicted molar refractivity (Wildman–Crippen MR) is 178 cm³/mol. The lowest BCUT2D eigenvalue weighted by molar-refractivity contribution is -0.150. The van der Waals surface area contributed by atoms with Crippen LogP contribution in [0.4, 0.5) is 4.79 Å². The second-order valence-electron chi connectivity index (χ2n) is 13.2. The van der Waals surface area contributed by atoms with Crippen molar-refractivity contribution in [2.75, 3.05) is 13.4 Å². The summed E-state index contributed by atoms with van der Waals surface area (Å²) in [6, 6.07) is 7.57. The van der Waals surface area contributed by atoms with Crippen molar-refractivity contribution in [3.8, 4) is 5.75 Å². The molecule has 1 amide bonds. The molecule has 1 aliphatic rings. The SMILES string of the molecule is C=C/C=C/C=C/CC[C@@H](/C=C/C1=CC(=O)OCO1)Oc1ccc(C[C@@H](CO[Si](C)(C)C(C)(C)C)NC(=O)OC(C)(C)C)cc1. The number of nitrogens with one attached hydrogen (secondary N) is 1. The van der Waals surface area contributed by atoms with Crippen LogP contribution in [0, 0.1) is 0 Å². The lowest BCUT2D eigenvalue weighted by atomic mass is 10.1. The summed E-state index contributed by atoms with van der Waals surface area (Å²) < 4.78 is 28.5. The van der Waals surface area contributed by atoms with E-state index >= 15 is 0 Å². The van der Waals surface area contributed by atoms with Gasteiger partial charge in [-0.1, -0.05) is 69.9 Å². The fourth-order valence-electron chi connectivity index (χ4n) is 3.74. The smallest absolute Gasteiger partial charge is 0.407 e. The molecule has 0 aliphatic carbocycles. The molecule has 0 saturated heterocycles. The highest BCUT2D eigenvalue weighted by Gasteiger charge is 2.37. The topological polar surface area (TPSA) is 92.3 Å². The summed E-state index contributed by atoms with van der Waals surface area (Å²) in [7, 11) is -2.03. The van der Waals surface area contributed by atoms with E-state index in [9.17, 15) is 9.59 Å². The Bertz CT molecular complexity index is 1200. The van der Waals surface area contributed by atoms with Crippen LogP contribution in [0.5, 0.6) is 5.75 Å². The van der Waals surface area contributed by atoms with Gasteiger partial charge in [0.25, 0.3) is 0 Å². The molecule has 0 fully saturated rings. The average molecular weight is 626 g/mol. The Labute approximate surface area is 265 Å². The Morgan fingerprint density at radius 1 is 1.07 bits per heavy atom. The van der Waals surface area contributed by atoms with Crippen LogP contribution >= 0.6 is 0 Å². The molecule has 0 bridgehead atoms. The van der Waals surface area contributed by atoms with Crippen molar-refractivity contribution >= 4 is 20.4 Å². The highest BCUT2D eigenvalue weighted by atomic mass is 28.4. The fourth-order valence-corrected chi connectivity index (χ4v) is 4.79. The molecule has 0 spiro atoms. The van der Waals surface area contributed by atoms with Crippen molar-refractivity contribution in [1.29, 1.82) is 0 Å². The molecule has 1 N–H and O–H groups in total. The zero-order valence-corrected chi connectivity index (χ0v) is 28.7. The van der Waals surface area contributed by atoms with Gasteiger partial charge in [-0.05, 0) is 88.0 Å². The summed E-state index contributed by atoms with van der Waals surface area (Å²) in [6.45, 7) is 20.5. The van der Waals surface area contributed by atoms with E-state index in [0.29, 0.717) is 31.0 Å². The van der Waals surface area contributed by atoms with Gasteiger partial charge < -0.3 is 28.7 Å². The monoisotopic (exact) mass is 625 g/mol. The Morgan fingerprint density at radius 3 is 2.39 bits per heavy atom. The number of esters is 1. The van der Waals surface area contributed by atoms with Gasteiger partial charge in [-0.2, -0.15) is 0 Å². The van der Waals surface area contributed by atoms with E-state index in [1.807, 2.05) is 69.3 Å². The molecule has 0 unspecified atom stereocenters. The molecule has 44 heavy (non-hydrogen) atoms. The Balaban J connectivity index is 2.15. The Morgan fingerprint density at radius 2 is 1.77 bits per heavy atom. The van der Waals surface area contributed by atoms with Gasteiger partial charge in [0.15, 0.2) is 8.32 Å². The first kappa shape index (κ1) is 36.6. The van der Waals surface area contributed by atoms with Crippen LogP contribution in [-0.4, -0.2) is 51.5 Å². The summed E-state index contributed by atoms with van der Waals surface area (Å²) in [5, 5.41) is 3.06. The van der Waals surface area contributed by atoms with Crippen molar-refractivity contribution in [3.05, 3.63) is 90.8 Å². The maximum Gasteiger partial charge on any atom is 0.407 e. The van der Waals surface area contributed by atoms with Crippen LogP contribution in [0.25, 0.3) is 0 Å². The van der Waals surface area contributed by atoms with Crippen LogP contribution in [-0.2, 0) is 29.9 Å². The van der Waals surface area contributed by atoms with Crippen LogP contribution in [0.3, 0.4) is 0 Å². The van der Waals surface area contributed by atoms with Gasteiger partial charge >= 0.3 is 12.1 Å². The van der Waals surface area contributed by atoms with E-state index in [1.54, 1.807) is 12.2 Å². The third-order valence-electron chi connectivity index (χ3n) is 7.14. The molecule has 0 aromatic heterocycles. The number of cyclic esters (lactones) is 1. The molecule has 1 aromatic carbocycles. The van der Waals surface area contributed by atoms with Gasteiger partial charge in [-0.3, -0.25) is 0 Å². The second kappa shape index (κ2) is 17.1. The molecular weight excluding hydrogens is 574 g/mol. The Hall–Kier alpha value is -3.56. The fraction of sp³-hybridized carbons (Fsp3) is 0.486. The van der Waals surface area contributed by atoms with Gasteiger partial charge in [0.2, 0.25) is 6.79 Å². The normalized spacial score (nSPS) is 15.9. The van der Waals surface area contributed by atoms with E-state index in [-0.39, 0.29) is 24.0 Å². The van der Waals surface area contributed by atoms with Gasteiger partial charge in [-0.25, -0.2) is 9.59 Å². The number of ether oxygens (including phenoxy) is 4. The predicted octanol–water partition coefficient (Wildman–Crippen LogP) is 7.94. The number of hydrogen-bond acceptors (Lipinski definition) is 7. The van der Waals surface area contributed by atoms with E-state index < -0.39 is 26.0 Å². The van der Waals surface area contributed by atoms with Crippen molar-refractivity contribution in [2.24, 2.45) is 0 Å². The molecule has 1 aliphatic heterocycles. The van der Waals surface area contributed by atoms with E-state index in [1.165, 1.54) is 6.08 Å². The zero-order chi connectivity index (χ0) is 32.8. The first-order chi connectivity index (χ1) is 20.6. The molecule has 8 nitrogen and oxygen atoms in total. The molecule has 2 rings (SSSR count). The number of allylic oxidation sites excluding steroid dienone is 6. The molecular formula is C35H51NO7Si. The number of hydrogen-bond donors (Lipinski definition) is 1. The van der Waals surface area contributed by atoms with Crippen LogP contribution in [0.15, 0.2) is 85.2 Å². The van der Waals surface area contributed by atoms with E-state index in [2.05, 4.69) is 51.8 Å². The minimum absolute atomic E-state index is 0.0501. The second-order valence-corrected chi connectivity index (χ2v) is 18.0. The van der Waals surface area contributed by atoms with E-state index in [0.717, 1.165) is 12.0 Å². The molecule has 2 atom stereocenters. The van der Waals surface area contributed by atoms with E-state index in [4.69, 9.17) is 23.4 Å². The Kier molecular flexibility index (Phi) is 14.2. The maximum absolute atomic E-state index is 12.7. The molecule has 0 saturated carbocycles. The summed E-state index contributed by atoms with van der Waals surface area (Å²) in [6.07, 6.45) is 15.8. The van der Waals surface area contributed by atoms with Crippen molar-refractivity contribution < 1.29 is 33.0 Å². The molecule has 242 valence electrons. The van der Waals surface area contributed by atoms with Crippen molar-refractivity contribution in [3.63, 3.8) is 0 Å². The van der Waals surface area contributed by atoms with Gasteiger partial charge in [-0.15, -0.1) is 0 Å². The number of benzene rings is 1. The van der Waals surface area contributed by atoms with Crippen molar-refractivity contribution in [1.82, 2.24) is 5.32 Å². The third-order valence-corrected chi connectivity index (χ3v) is 11.6. The summed E-state index contributed by atoms with van der Waals surface area (Å²) >= 11 is 0. The maximum atomic E-state index is 12.7. The zero-order valence-electron chi connectivity index (χ0n) is 27.7. The number of alkyl carbamates (subject to hydrolysis) is 1. The molecule has 1 aromatic rings. The average Bonchev–Trinajstić information content (AvgIpc) is 2.91. The largest absolute Gasteiger partial charge is 0.486 e. The third kappa shape index (κ3) is 14.3. The van der Waals surface area contributed by atoms with Crippen LogP contribution < -0.4 is 10.1 Å². The summed E-state index contributed by atoms with van der Waals surface area (Å²) in [5.74, 6) is 0.694. The lowest BCUT2D eigenvalue weighted by Crippen LogP contribution is -2.48. The number of rotatable bonds is 15. The number of amides is 1. The van der Waals surface area contributed by atoms with Gasteiger partial charge in [0, 0.05) is 0 Å². The minimum atomic E-state index is -2.03. The van der Waals surface area contributed by atoms with Crippen LogP contribution in [0.1, 0.15) is 59.9 Å². The first-order valence-corrected chi connectivity index (χ1v) is 18.0. The standard InChI is InChI=1S/C35H51NO7Si/c1-10-11-12-13-14-15-16-29(21-22-31-24-32(37)40-26-39-31)42-30-19-17-27(18-20-30)23-28(36-33(38)43-34(2,3)4)25-41-44(8,9)35(5,6)7/h10-14,17-22,24,28-29H,1,15-16,23,25-26H2,2-9H3,(H,36,38)/b12-11+,14-13+,22-21+/t28-,29-/m0/s1. The molecule has 1 heterocycles. The number of carbonyl (C=O) groups excluding carboxylic acids is 2.